The van der Waals surface area contributed by atoms with Crippen molar-refractivity contribution in [2.24, 2.45) is 0 Å². The lowest BCUT2D eigenvalue weighted by Gasteiger charge is -2.15. The van der Waals surface area contributed by atoms with Crippen LogP contribution in [0.1, 0.15) is 24.2 Å². The van der Waals surface area contributed by atoms with Crippen LogP contribution >= 0.6 is 27.5 Å². The molecule has 0 aliphatic heterocycles. The number of aliphatic hydroxyl groups is 1. The standard InChI is InChI=1S/C15H13BrClFO2/c1-8-5-15(11(9(2)19)7-13(8)18)20-14-4-3-10(16)6-12(14)17/h3-7,9,19H,1-2H3/t9-/m0/s1. The molecule has 2 nitrogen and oxygen atoms in total. The summed E-state index contributed by atoms with van der Waals surface area (Å²) in [6.45, 7) is 3.19. The van der Waals surface area contributed by atoms with E-state index in [1.807, 2.05) is 0 Å². The van der Waals surface area contributed by atoms with Crippen molar-refractivity contribution in [2.75, 3.05) is 0 Å². The first-order valence-electron chi connectivity index (χ1n) is 5.99. The molecule has 106 valence electrons. The number of hydrogen-bond acceptors (Lipinski definition) is 2. The van der Waals surface area contributed by atoms with Crippen molar-refractivity contribution in [3.63, 3.8) is 0 Å². The third kappa shape index (κ3) is 3.32. The third-order valence-electron chi connectivity index (χ3n) is 2.85. The minimum atomic E-state index is -0.839. The summed E-state index contributed by atoms with van der Waals surface area (Å²) in [5.74, 6) is 0.459. The van der Waals surface area contributed by atoms with Crippen LogP contribution in [-0.4, -0.2) is 5.11 Å². The number of ether oxygens (including phenoxy) is 1. The average molecular weight is 360 g/mol. The second kappa shape index (κ2) is 6.12. The Morgan fingerprint density at radius 1 is 1.25 bits per heavy atom. The van der Waals surface area contributed by atoms with Crippen molar-refractivity contribution in [1.82, 2.24) is 0 Å². The van der Waals surface area contributed by atoms with Crippen LogP contribution < -0.4 is 4.74 Å². The van der Waals surface area contributed by atoms with Crippen molar-refractivity contribution in [2.45, 2.75) is 20.0 Å². The Bertz CT molecular complexity index is 644. The largest absolute Gasteiger partial charge is 0.455 e. The molecule has 5 heteroatoms. The molecule has 0 fully saturated rings. The summed E-state index contributed by atoms with van der Waals surface area (Å²) in [6, 6.07) is 8.03. The predicted octanol–water partition coefficient (Wildman–Crippen LogP) is 5.40. The molecule has 1 N–H and O–H groups in total. The summed E-state index contributed by atoms with van der Waals surface area (Å²) in [5.41, 5.74) is 0.824. The number of benzene rings is 2. The van der Waals surface area contributed by atoms with Crippen LogP contribution in [-0.2, 0) is 0 Å². The smallest absolute Gasteiger partial charge is 0.146 e. The highest BCUT2D eigenvalue weighted by Gasteiger charge is 2.15. The van der Waals surface area contributed by atoms with Crippen molar-refractivity contribution in [3.05, 3.63) is 56.8 Å². The van der Waals surface area contributed by atoms with Crippen LogP contribution in [0.5, 0.6) is 11.5 Å². The van der Waals surface area contributed by atoms with E-state index >= 15 is 0 Å². The summed E-state index contributed by atoms with van der Waals surface area (Å²) < 4.78 is 20.1. The van der Waals surface area contributed by atoms with E-state index in [0.717, 1.165) is 4.47 Å². The molecular weight excluding hydrogens is 347 g/mol. The summed E-state index contributed by atoms with van der Waals surface area (Å²) in [4.78, 5) is 0. The van der Waals surface area contributed by atoms with Crippen LogP contribution in [0, 0.1) is 12.7 Å². The van der Waals surface area contributed by atoms with E-state index < -0.39 is 6.10 Å². The van der Waals surface area contributed by atoms with Crippen molar-refractivity contribution >= 4 is 27.5 Å². The van der Waals surface area contributed by atoms with Gasteiger partial charge in [-0.1, -0.05) is 27.5 Å². The summed E-state index contributed by atoms with van der Waals surface area (Å²) >= 11 is 9.40. The van der Waals surface area contributed by atoms with Gasteiger partial charge in [0.25, 0.3) is 0 Å². The van der Waals surface area contributed by atoms with E-state index in [4.69, 9.17) is 16.3 Å². The molecule has 0 radical (unpaired) electrons. The zero-order valence-corrected chi connectivity index (χ0v) is 13.3. The van der Waals surface area contributed by atoms with Gasteiger partial charge >= 0.3 is 0 Å². The second-order valence-corrected chi connectivity index (χ2v) is 5.81. The molecule has 20 heavy (non-hydrogen) atoms. The molecule has 0 aromatic heterocycles. The molecule has 2 aromatic rings. The van der Waals surface area contributed by atoms with Gasteiger partial charge in [-0.15, -0.1) is 0 Å². The number of rotatable bonds is 3. The lowest BCUT2D eigenvalue weighted by Crippen LogP contribution is -1.99. The fourth-order valence-corrected chi connectivity index (χ4v) is 2.47. The van der Waals surface area contributed by atoms with Gasteiger partial charge in [0.1, 0.15) is 17.3 Å². The third-order valence-corrected chi connectivity index (χ3v) is 3.64. The van der Waals surface area contributed by atoms with Crippen molar-refractivity contribution in [3.8, 4) is 11.5 Å². The van der Waals surface area contributed by atoms with Gasteiger partial charge in [-0.2, -0.15) is 0 Å². The number of hydrogen-bond donors (Lipinski definition) is 1. The zero-order chi connectivity index (χ0) is 14.9. The quantitative estimate of drug-likeness (QED) is 0.795. The molecule has 0 heterocycles. The van der Waals surface area contributed by atoms with Gasteiger partial charge in [0.15, 0.2) is 0 Å². The normalized spacial score (nSPS) is 12.3. The molecule has 0 bridgehead atoms. The minimum Gasteiger partial charge on any atom is -0.455 e. The van der Waals surface area contributed by atoms with Gasteiger partial charge in [0.05, 0.1) is 11.1 Å². The topological polar surface area (TPSA) is 29.5 Å². The second-order valence-electron chi connectivity index (χ2n) is 4.49. The molecule has 0 amide bonds. The summed E-state index contributed by atoms with van der Waals surface area (Å²) in [7, 11) is 0. The van der Waals surface area contributed by atoms with Crippen LogP contribution in [0.4, 0.5) is 4.39 Å². The first-order valence-corrected chi connectivity index (χ1v) is 7.16. The molecule has 0 saturated carbocycles. The Morgan fingerprint density at radius 2 is 1.95 bits per heavy atom. The lowest BCUT2D eigenvalue weighted by molar-refractivity contribution is 0.195. The van der Waals surface area contributed by atoms with Gasteiger partial charge < -0.3 is 9.84 Å². The Balaban J connectivity index is 2.44. The van der Waals surface area contributed by atoms with Gasteiger partial charge in [0.2, 0.25) is 0 Å². The highest BCUT2D eigenvalue weighted by atomic mass is 79.9. The van der Waals surface area contributed by atoms with Gasteiger partial charge in [0, 0.05) is 10.0 Å². The Kier molecular flexibility index (Phi) is 4.68. The molecule has 1 atom stereocenters. The lowest BCUT2D eigenvalue weighted by atomic mass is 10.1. The predicted molar refractivity (Wildman–Crippen MR) is 81.0 cm³/mol. The highest BCUT2D eigenvalue weighted by molar-refractivity contribution is 9.10. The monoisotopic (exact) mass is 358 g/mol. The van der Waals surface area contributed by atoms with E-state index in [1.165, 1.54) is 6.07 Å². The molecule has 2 rings (SSSR count). The van der Waals surface area contributed by atoms with E-state index in [9.17, 15) is 9.50 Å². The first kappa shape index (κ1) is 15.3. The van der Waals surface area contributed by atoms with Crippen LogP contribution in [0.15, 0.2) is 34.8 Å². The Labute approximate surface area is 130 Å². The maximum absolute atomic E-state index is 13.6. The SMILES string of the molecule is Cc1cc(Oc2ccc(Br)cc2Cl)c([C@H](C)O)cc1F. The molecule has 0 spiro atoms. The fraction of sp³-hybridized carbons (Fsp3) is 0.200. The fourth-order valence-electron chi connectivity index (χ4n) is 1.76. The average Bonchev–Trinajstić information content (AvgIpc) is 2.36. The molecule has 0 aliphatic rings. The number of aliphatic hydroxyl groups excluding tert-OH is 1. The summed E-state index contributed by atoms with van der Waals surface area (Å²) in [6.07, 6.45) is -0.839. The molecule has 2 aromatic carbocycles. The number of halogens is 3. The van der Waals surface area contributed by atoms with Crippen molar-refractivity contribution < 1.29 is 14.2 Å². The maximum atomic E-state index is 13.6. The number of aryl methyl sites for hydroxylation is 1. The molecular formula is C15H13BrClFO2. The molecule has 0 aliphatic carbocycles. The highest BCUT2D eigenvalue weighted by Crippen LogP contribution is 2.36. The van der Waals surface area contributed by atoms with Gasteiger partial charge in [-0.05, 0) is 49.7 Å². The Hall–Kier alpha value is -1.10. The van der Waals surface area contributed by atoms with E-state index in [-0.39, 0.29) is 5.82 Å². The zero-order valence-electron chi connectivity index (χ0n) is 11.0. The first-order chi connectivity index (χ1) is 9.38. The van der Waals surface area contributed by atoms with Crippen LogP contribution in [0.2, 0.25) is 5.02 Å². The Morgan fingerprint density at radius 3 is 2.55 bits per heavy atom. The van der Waals surface area contributed by atoms with Gasteiger partial charge in [-0.25, -0.2) is 4.39 Å². The maximum Gasteiger partial charge on any atom is 0.146 e. The molecule has 0 unspecified atom stereocenters. The molecule has 0 saturated heterocycles. The van der Waals surface area contributed by atoms with Crippen LogP contribution in [0.25, 0.3) is 0 Å². The van der Waals surface area contributed by atoms with E-state index in [0.29, 0.717) is 27.6 Å². The van der Waals surface area contributed by atoms with Gasteiger partial charge in [-0.3, -0.25) is 0 Å². The van der Waals surface area contributed by atoms with Crippen LogP contribution in [0.3, 0.4) is 0 Å². The van der Waals surface area contributed by atoms with E-state index in [1.54, 1.807) is 38.1 Å². The van der Waals surface area contributed by atoms with Crippen molar-refractivity contribution in [1.29, 1.82) is 0 Å². The summed E-state index contributed by atoms with van der Waals surface area (Å²) in [5, 5.41) is 10.2. The minimum absolute atomic E-state index is 0.379. The van der Waals surface area contributed by atoms with E-state index in [2.05, 4.69) is 15.9 Å².